The number of carbonyl (C=O) groups excluding carboxylic acids is 3. The molecule has 0 spiro atoms. The lowest BCUT2D eigenvalue weighted by Crippen LogP contribution is -2.45. The van der Waals surface area contributed by atoms with E-state index in [1.807, 2.05) is 78.7 Å². The number of allylic oxidation sites excluding steroid dienone is 2. The molecule has 0 radical (unpaired) electrons. The van der Waals surface area contributed by atoms with Gasteiger partial charge in [0.2, 0.25) is 11.8 Å². The molecule has 4 aromatic rings. The van der Waals surface area contributed by atoms with Crippen LogP contribution in [0.25, 0.3) is 0 Å². The predicted molar refractivity (Wildman–Crippen MR) is 300 cm³/mol. The molecule has 1 heterocycles. The second kappa shape index (κ2) is 34.0. The Morgan fingerprint density at radius 3 is 2.28 bits per heavy atom. The average molecular weight is 1050 g/mol. The zero-order valence-electron chi connectivity index (χ0n) is 44.0. The Balaban J connectivity index is 0.845. The minimum absolute atomic E-state index is 0.0317. The van der Waals surface area contributed by atoms with Gasteiger partial charge in [-0.2, -0.15) is 5.10 Å². The highest BCUT2D eigenvalue weighted by molar-refractivity contribution is 7.13. The second-order valence-corrected chi connectivity index (χ2v) is 18.8. The van der Waals surface area contributed by atoms with Gasteiger partial charge in [-0.1, -0.05) is 80.3 Å². The van der Waals surface area contributed by atoms with Crippen molar-refractivity contribution in [1.82, 2.24) is 20.1 Å². The molecule has 18 heteroatoms. The standard InChI is InChI=1S/C57H77N9O8S/c1-6-12-44(7-2)40-60-55(68)54(46-14-11-13-43(4)39-46)66(50-20-21-50)53(67)26-17-45-15-22-51(23-16-45)73-31-10-9-29-65(5)30-34-72-36-35-70-32-27-49(64-58)41-59-28-33-71-37-38-74-52-24-18-48(19-25-52)61-56(69)63-57-62-47(8-3)42-75-57/h6-7,11-16,18-19,22-25,39,41-42,50,54H,1-2,8-10,17,20-21,26-38,40,58H2,3-5H3,(H,60,68)(H2,61,62,63,69)/b44-12+,59-41?,64-49-. The largest absolute Gasteiger partial charge is 0.494 e. The van der Waals surface area contributed by atoms with E-state index in [9.17, 15) is 14.4 Å². The molecule has 75 heavy (non-hydrogen) atoms. The van der Waals surface area contributed by atoms with Gasteiger partial charge in [-0.3, -0.25) is 19.9 Å². The fourth-order valence-corrected chi connectivity index (χ4v) is 8.44. The van der Waals surface area contributed by atoms with Gasteiger partial charge in [0, 0.05) is 49.3 Å². The number of carbonyl (C=O) groups is 3. The maximum absolute atomic E-state index is 13.9. The topological polar surface area (TPSA) is 204 Å². The van der Waals surface area contributed by atoms with Gasteiger partial charge in [-0.25, -0.2) is 9.78 Å². The quantitative estimate of drug-likeness (QED) is 0.0111. The Morgan fingerprint density at radius 2 is 1.59 bits per heavy atom. The van der Waals surface area contributed by atoms with Crippen molar-refractivity contribution in [3.8, 4) is 11.5 Å². The van der Waals surface area contributed by atoms with Crippen LogP contribution < -0.4 is 31.3 Å². The summed E-state index contributed by atoms with van der Waals surface area (Å²) in [6.07, 6.45) is 12.7. The van der Waals surface area contributed by atoms with E-state index >= 15 is 0 Å². The summed E-state index contributed by atoms with van der Waals surface area (Å²) in [5.74, 6) is 6.78. The van der Waals surface area contributed by atoms with Crippen molar-refractivity contribution in [3.63, 3.8) is 0 Å². The highest BCUT2D eigenvalue weighted by Crippen LogP contribution is 2.36. The molecular formula is C57H77N9O8S. The molecule has 4 amide bonds. The number of amides is 4. The van der Waals surface area contributed by atoms with E-state index in [4.69, 9.17) is 29.5 Å². The number of aromatic nitrogens is 1. The van der Waals surface area contributed by atoms with Crippen LogP contribution in [-0.2, 0) is 36.6 Å². The molecule has 0 aliphatic heterocycles. The number of aliphatic imine (C=N–C) groups is 1. The SMILES string of the molecule is C=C/C=C(\C=C)CNC(=O)C(c1cccc(C)c1)N(C(=O)CCc1ccc(OCCCCN(C)CCOCCOCC/C(C=NCCOCCOc2ccc(NC(=O)Nc3nc(CC)cs3)cc2)=N/N)cc1)C1CC1. The number of urea groups is 1. The van der Waals surface area contributed by atoms with Gasteiger partial charge in [-0.15, -0.1) is 11.3 Å². The molecule has 0 saturated heterocycles. The summed E-state index contributed by atoms with van der Waals surface area (Å²) < 4.78 is 28.9. The third kappa shape index (κ3) is 22.8. The molecule has 1 aromatic heterocycles. The number of benzene rings is 3. The van der Waals surface area contributed by atoms with Gasteiger partial charge in [0.25, 0.3) is 0 Å². The first-order valence-corrected chi connectivity index (χ1v) is 26.7. The van der Waals surface area contributed by atoms with Gasteiger partial charge in [-0.05, 0) is 112 Å². The Morgan fingerprint density at radius 1 is 0.867 bits per heavy atom. The molecule has 1 aliphatic carbocycles. The van der Waals surface area contributed by atoms with E-state index < -0.39 is 6.04 Å². The van der Waals surface area contributed by atoms with Crippen molar-refractivity contribution in [3.05, 3.63) is 138 Å². The first-order valence-electron chi connectivity index (χ1n) is 25.8. The monoisotopic (exact) mass is 1050 g/mol. The Labute approximate surface area is 447 Å². The van der Waals surface area contributed by atoms with E-state index in [2.05, 4.69) is 56.1 Å². The first kappa shape index (κ1) is 59.2. The summed E-state index contributed by atoms with van der Waals surface area (Å²) >= 11 is 1.39. The zero-order valence-corrected chi connectivity index (χ0v) is 44.8. The number of nitrogens with zero attached hydrogens (tertiary/aromatic N) is 5. The lowest BCUT2D eigenvalue weighted by molar-refractivity contribution is -0.141. The first-order chi connectivity index (χ1) is 36.6. The number of thiazole rings is 1. The van der Waals surface area contributed by atoms with E-state index in [1.54, 1.807) is 42.6 Å². The van der Waals surface area contributed by atoms with Gasteiger partial charge in [0.05, 0.1) is 64.2 Å². The molecule has 1 unspecified atom stereocenters. The summed E-state index contributed by atoms with van der Waals surface area (Å²) in [7, 11) is 2.09. The molecule has 17 nitrogen and oxygen atoms in total. The summed E-state index contributed by atoms with van der Waals surface area (Å²) in [6, 6.07) is 21.9. The highest BCUT2D eigenvalue weighted by atomic mass is 32.1. The summed E-state index contributed by atoms with van der Waals surface area (Å²) in [6.45, 7) is 17.9. The molecule has 0 bridgehead atoms. The smallest absolute Gasteiger partial charge is 0.325 e. The number of likely N-dealkylation sites (N-methyl/N-ethyl adjacent to an activating group) is 1. The number of hydrogen-bond acceptors (Lipinski definition) is 14. The summed E-state index contributed by atoms with van der Waals surface area (Å²) in [4.78, 5) is 52.7. The van der Waals surface area contributed by atoms with Crippen LogP contribution >= 0.6 is 11.3 Å². The molecule has 1 saturated carbocycles. The Bertz CT molecular complexity index is 2460. The second-order valence-electron chi connectivity index (χ2n) is 17.9. The molecule has 1 atom stereocenters. The number of nitrogens with two attached hydrogens (primary N) is 1. The molecule has 5 N–H and O–H groups in total. The van der Waals surface area contributed by atoms with E-state index in [1.165, 1.54) is 11.3 Å². The van der Waals surface area contributed by atoms with Gasteiger partial charge in [0.15, 0.2) is 5.13 Å². The average Bonchev–Trinajstić information content (AvgIpc) is 4.16. The van der Waals surface area contributed by atoms with E-state index in [0.29, 0.717) is 107 Å². The lowest BCUT2D eigenvalue weighted by atomic mass is 10.0. The molecule has 404 valence electrons. The Hall–Kier alpha value is -6.70. The minimum atomic E-state index is -0.721. The van der Waals surface area contributed by atoms with Crippen molar-refractivity contribution in [2.24, 2.45) is 15.9 Å². The van der Waals surface area contributed by atoms with Gasteiger partial charge < -0.3 is 50.0 Å². The molecule has 5 rings (SSSR count). The van der Waals surface area contributed by atoms with Crippen LogP contribution in [0.1, 0.15) is 73.9 Å². The Kier molecular flexibility index (Phi) is 26.8. The van der Waals surface area contributed by atoms with Gasteiger partial charge >= 0.3 is 6.03 Å². The minimum Gasteiger partial charge on any atom is -0.494 e. The van der Waals surface area contributed by atoms with Crippen LogP contribution in [0.15, 0.2) is 125 Å². The number of hydrazone groups is 1. The third-order valence-corrected chi connectivity index (χ3v) is 12.7. The number of nitrogens with one attached hydrogen (secondary N) is 3. The van der Waals surface area contributed by atoms with Crippen molar-refractivity contribution in [2.75, 3.05) is 96.7 Å². The van der Waals surface area contributed by atoms with Crippen molar-refractivity contribution < 1.29 is 38.1 Å². The molecule has 1 fully saturated rings. The van der Waals surface area contributed by atoms with Crippen molar-refractivity contribution in [2.45, 2.75) is 77.3 Å². The summed E-state index contributed by atoms with van der Waals surface area (Å²) in [5, 5.41) is 14.9. The van der Waals surface area contributed by atoms with Crippen LogP contribution in [0, 0.1) is 6.92 Å². The van der Waals surface area contributed by atoms with Crippen LogP contribution in [0.4, 0.5) is 15.6 Å². The number of anilines is 2. The highest BCUT2D eigenvalue weighted by Gasteiger charge is 2.41. The number of rotatable bonds is 37. The number of aryl methyl sites for hydroxylation is 3. The van der Waals surface area contributed by atoms with E-state index in [-0.39, 0.29) is 23.9 Å². The van der Waals surface area contributed by atoms with Crippen LogP contribution in [0.2, 0.25) is 0 Å². The predicted octanol–water partition coefficient (Wildman–Crippen LogP) is 8.73. The molecular weight excluding hydrogens is 971 g/mol. The maximum Gasteiger partial charge on any atom is 0.325 e. The third-order valence-electron chi connectivity index (χ3n) is 11.9. The summed E-state index contributed by atoms with van der Waals surface area (Å²) in [5.41, 5.74) is 5.94. The van der Waals surface area contributed by atoms with Crippen LogP contribution in [-0.4, -0.2) is 137 Å². The van der Waals surface area contributed by atoms with E-state index in [0.717, 1.165) is 78.9 Å². The number of unbranched alkanes of at least 4 members (excludes halogenated alkanes) is 1. The molecule has 3 aromatic carbocycles. The zero-order chi connectivity index (χ0) is 53.5. The normalized spacial score (nSPS) is 13.1. The lowest BCUT2D eigenvalue weighted by Gasteiger charge is -2.32. The number of ether oxygens (including phenoxy) is 5. The fourth-order valence-electron chi connectivity index (χ4n) is 7.65. The van der Waals surface area contributed by atoms with Crippen molar-refractivity contribution >= 4 is 51.9 Å². The van der Waals surface area contributed by atoms with Crippen molar-refractivity contribution in [1.29, 1.82) is 0 Å². The van der Waals surface area contributed by atoms with Crippen LogP contribution in [0.5, 0.6) is 11.5 Å². The molecule has 1 aliphatic rings. The van der Waals surface area contributed by atoms with Crippen LogP contribution in [0.3, 0.4) is 0 Å². The number of hydrogen-bond donors (Lipinski definition) is 4. The maximum atomic E-state index is 13.9. The van der Waals surface area contributed by atoms with Gasteiger partial charge in [0.1, 0.15) is 24.1 Å². The fraction of sp³-hybridized carbons (Fsp3) is 0.439.